The molecule has 0 radical (unpaired) electrons. The van der Waals surface area contributed by atoms with Crippen molar-refractivity contribution in [1.82, 2.24) is 9.97 Å². The van der Waals surface area contributed by atoms with Crippen LogP contribution in [0.15, 0.2) is 79.3 Å². The van der Waals surface area contributed by atoms with Crippen molar-refractivity contribution in [2.24, 2.45) is 0 Å². The Labute approximate surface area is 190 Å². The summed E-state index contributed by atoms with van der Waals surface area (Å²) in [6.07, 6.45) is 5.19. The average Bonchev–Trinajstić information content (AvgIpc) is 3.14. The van der Waals surface area contributed by atoms with Crippen molar-refractivity contribution in [2.45, 2.75) is 13.5 Å². The van der Waals surface area contributed by atoms with Crippen LogP contribution in [0, 0.1) is 6.92 Å². The van der Waals surface area contributed by atoms with Crippen LogP contribution in [-0.2, 0) is 6.54 Å². The van der Waals surface area contributed by atoms with Crippen molar-refractivity contribution in [1.29, 1.82) is 0 Å². The van der Waals surface area contributed by atoms with E-state index in [0.29, 0.717) is 17.1 Å². The van der Waals surface area contributed by atoms with Crippen LogP contribution in [0.3, 0.4) is 0 Å². The monoisotopic (exact) mass is 441 g/mol. The van der Waals surface area contributed by atoms with Crippen molar-refractivity contribution >= 4 is 45.9 Å². The number of nitrogens with zero attached hydrogens (tertiary/aromatic N) is 3. The first kappa shape index (κ1) is 20.0. The number of hydrogen-bond acceptors (Lipinski definition) is 5. The number of benzene rings is 2. The van der Waals surface area contributed by atoms with Gasteiger partial charge in [-0.2, -0.15) is 0 Å². The lowest BCUT2D eigenvalue weighted by Gasteiger charge is -2.17. The molecule has 3 heterocycles. The first-order valence-electron chi connectivity index (χ1n) is 10.2. The zero-order valence-corrected chi connectivity index (χ0v) is 18.1. The highest BCUT2D eigenvalue weighted by Crippen LogP contribution is 2.33. The van der Waals surface area contributed by atoms with Crippen molar-refractivity contribution in [3.05, 3.63) is 101 Å². The van der Waals surface area contributed by atoms with Gasteiger partial charge in [0, 0.05) is 46.9 Å². The summed E-state index contributed by atoms with van der Waals surface area (Å²) in [5.41, 5.74) is 6.78. The third kappa shape index (κ3) is 3.88. The molecule has 0 saturated carbocycles. The van der Waals surface area contributed by atoms with Gasteiger partial charge in [-0.25, -0.2) is 0 Å². The van der Waals surface area contributed by atoms with Crippen LogP contribution in [0.1, 0.15) is 21.6 Å². The number of halogens is 1. The van der Waals surface area contributed by atoms with Crippen molar-refractivity contribution < 1.29 is 4.79 Å². The van der Waals surface area contributed by atoms with E-state index in [4.69, 9.17) is 11.6 Å². The molecule has 1 aliphatic heterocycles. The van der Waals surface area contributed by atoms with Gasteiger partial charge in [-0.15, -0.1) is 0 Å². The van der Waals surface area contributed by atoms with Crippen LogP contribution >= 0.6 is 11.6 Å². The normalized spacial score (nSPS) is 12.6. The number of anilines is 5. The molecule has 5 rings (SSSR count). The Morgan fingerprint density at radius 1 is 0.906 bits per heavy atom. The van der Waals surface area contributed by atoms with Crippen LogP contribution in [-0.4, -0.2) is 15.9 Å². The van der Waals surface area contributed by atoms with E-state index >= 15 is 0 Å². The van der Waals surface area contributed by atoms with Crippen LogP contribution in [0.4, 0.5) is 28.4 Å². The molecule has 2 aromatic carbocycles. The van der Waals surface area contributed by atoms with E-state index in [1.54, 1.807) is 23.5 Å². The predicted octanol–water partition coefficient (Wildman–Crippen LogP) is 6.09. The average molecular weight is 442 g/mol. The van der Waals surface area contributed by atoms with Gasteiger partial charge in [0.2, 0.25) is 0 Å². The largest absolute Gasteiger partial charge is 0.355 e. The Morgan fingerprint density at radius 3 is 2.56 bits per heavy atom. The van der Waals surface area contributed by atoms with Crippen molar-refractivity contribution in [2.75, 3.05) is 15.5 Å². The maximum Gasteiger partial charge on any atom is 0.258 e. The molecule has 0 saturated heterocycles. The summed E-state index contributed by atoms with van der Waals surface area (Å²) >= 11 is 6.36. The zero-order chi connectivity index (χ0) is 22.1. The molecule has 0 unspecified atom stereocenters. The molecule has 2 N–H and O–H groups in total. The third-order valence-corrected chi connectivity index (χ3v) is 5.86. The molecular weight excluding hydrogens is 422 g/mol. The summed E-state index contributed by atoms with van der Waals surface area (Å²) in [7, 11) is 0. The van der Waals surface area contributed by atoms with Crippen LogP contribution in [0.2, 0.25) is 5.02 Å². The number of carbonyl (C=O) groups excluding carboxylic acids is 1. The Morgan fingerprint density at radius 2 is 1.72 bits per heavy atom. The molecule has 0 aliphatic carbocycles. The lowest BCUT2D eigenvalue weighted by molar-refractivity contribution is 0.0996. The summed E-state index contributed by atoms with van der Waals surface area (Å²) in [5.74, 6) is -0.00889. The lowest BCUT2D eigenvalue weighted by Crippen LogP contribution is -2.22. The van der Waals surface area contributed by atoms with Gasteiger partial charge < -0.3 is 15.5 Å². The smallest absolute Gasteiger partial charge is 0.258 e. The first-order valence-corrected chi connectivity index (χ1v) is 10.6. The van der Waals surface area contributed by atoms with Crippen LogP contribution < -0.4 is 15.5 Å². The Balaban J connectivity index is 1.37. The van der Waals surface area contributed by atoms with Crippen LogP contribution in [0.25, 0.3) is 0 Å². The summed E-state index contributed by atoms with van der Waals surface area (Å²) < 4.78 is 0. The second-order valence-electron chi connectivity index (χ2n) is 7.56. The highest BCUT2D eigenvalue weighted by molar-refractivity contribution is 6.33. The van der Waals surface area contributed by atoms with E-state index in [1.165, 1.54) is 0 Å². The van der Waals surface area contributed by atoms with E-state index in [0.717, 1.165) is 39.7 Å². The van der Waals surface area contributed by atoms with E-state index in [9.17, 15) is 4.79 Å². The number of amides is 1. The molecule has 7 heteroatoms. The van der Waals surface area contributed by atoms with Gasteiger partial charge >= 0.3 is 0 Å². The van der Waals surface area contributed by atoms with Gasteiger partial charge in [-0.3, -0.25) is 14.8 Å². The SMILES string of the molecule is Cc1nccc(Nc2ccc3c(c2)CN(c2cccc(Nc4ccncc4)c2)C3=O)c1Cl. The minimum Gasteiger partial charge on any atom is -0.355 e. The Hall–Kier alpha value is -3.90. The second-order valence-corrected chi connectivity index (χ2v) is 7.94. The molecule has 0 bridgehead atoms. The third-order valence-electron chi connectivity index (χ3n) is 5.38. The summed E-state index contributed by atoms with van der Waals surface area (Å²) in [5, 5.41) is 7.26. The maximum absolute atomic E-state index is 13.1. The molecule has 1 amide bonds. The van der Waals surface area contributed by atoms with E-state index < -0.39 is 0 Å². The molecule has 0 spiro atoms. The van der Waals surface area contributed by atoms with Crippen molar-refractivity contribution in [3.63, 3.8) is 0 Å². The quantitative estimate of drug-likeness (QED) is 0.392. The molecular formula is C25H20ClN5O. The summed E-state index contributed by atoms with van der Waals surface area (Å²) in [6, 6.07) is 19.2. The summed E-state index contributed by atoms with van der Waals surface area (Å²) in [6.45, 7) is 2.37. The molecule has 4 aromatic rings. The fourth-order valence-electron chi connectivity index (χ4n) is 3.76. The molecule has 0 atom stereocenters. The summed E-state index contributed by atoms with van der Waals surface area (Å²) in [4.78, 5) is 23.1. The molecule has 1 aliphatic rings. The highest BCUT2D eigenvalue weighted by atomic mass is 35.5. The lowest BCUT2D eigenvalue weighted by atomic mass is 10.1. The number of aromatic nitrogens is 2. The van der Waals surface area contributed by atoms with Gasteiger partial charge in [0.1, 0.15) is 0 Å². The fourth-order valence-corrected chi connectivity index (χ4v) is 3.92. The van der Waals surface area contributed by atoms with E-state index in [2.05, 4.69) is 20.6 Å². The van der Waals surface area contributed by atoms with Crippen LogP contribution in [0.5, 0.6) is 0 Å². The number of rotatable bonds is 5. The number of carbonyl (C=O) groups is 1. The number of fused-ring (bicyclic) bond motifs is 1. The van der Waals surface area contributed by atoms with Crippen molar-refractivity contribution in [3.8, 4) is 0 Å². The minimum absolute atomic E-state index is 0.00889. The Bertz CT molecular complexity index is 1310. The first-order chi connectivity index (χ1) is 15.6. The topological polar surface area (TPSA) is 70.2 Å². The van der Waals surface area contributed by atoms with Gasteiger partial charge in [-0.05, 0) is 67.1 Å². The van der Waals surface area contributed by atoms with E-state index in [1.807, 2.05) is 67.6 Å². The minimum atomic E-state index is -0.00889. The maximum atomic E-state index is 13.1. The number of aryl methyl sites for hydroxylation is 1. The zero-order valence-electron chi connectivity index (χ0n) is 17.3. The number of nitrogens with one attached hydrogen (secondary N) is 2. The molecule has 2 aromatic heterocycles. The molecule has 158 valence electrons. The molecule has 32 heavy (non-hydrogen) atoms. The molecule has 6 nitrogen and oxygen atoms in total. The molecule has 0 fully saturated rings. The van der Waals surface area contributed by atoms with Gasteiger partial charge in [0.25, 0.3) is 5.91 Å². The predicted molar refractivity (Wildman–Crippen MR) is 128 cm³/mol. The standard InChI is InChI=1S/C25H20ClN5O/c1-16-24(26)23(9-12-28-16)30-20-5-6-22-17(13-20)15-31(25(22)32)21-4-2-3-19(14-21)29-18-7-10-27-11-8-18/h2-14H,15H2,1H3,(H,27,29)(H,28,30). The fraction of sp³-hybridized carbons (Fsp3) is 0.0800. The second kappa shape index (κ2) is 8.32. The van der Waals surface area contributed by atoms with E-state index in [-0.39, 0.29) is 5.91 Å². The van der Waals surface area contributed by atoms with Gasteiger partial charge in [-0.1, -0.05) is 17.7 Å². The number of hydrogen-bond donors (Lipinski definition) is 2. The van der Waals surface area contributed by atoms with Gasteiger partial charge in [0.05, 0.1) is 22.9 Å². The van der Waals surface area contributed by atoms with Gasteiger partial charge in [0.15, 0.2) is 0 Å². The highest BCUT2D eigenvalue weighted by Gasteiger charge is 2.28. The number of pyridine rings is 2. The Kier molecular flexibility index (Phi) is 5.21.